The molecule has 3 rings (SSSR count). The van der Waals surface area contributed by atoms with Crippen LogP contribution in [0.5, 0.6) is 0 Å². The number of aromatic nitrogens is 3. The van der Waals surface area contributed by atoms with Crippen LogP contribution in [0.25, 0.3) is 11.4 Å². The Morgan fingerprint density at radius 3 is 2.83 bits per heavy atom. The average molecular weight is 339 g/mol. The van der Waals surface area contributed by atoms with Crippen molar-refractivity contribution in [2.24, 2.45) is 5.10 Å². The Hall–Kier alpha value is -3.13. The van der Waals surface area contributed by atoms with E-state index in [1.54, 1.807) is 12.1 Å². The summed E-state index contributed by atoms with van der Waals surface area (Å²) in [6.45, 7) is 1.99. The van der Waals surface area contributed by atoms with E-state index in [1.807, 2.05) is 31.2 Å². The average Bonchev–Trinajstić information content (AvgIpc) is 2.94. The Bertz CT molecular complexity index is 990. The highest BCUT2D eigenvalue weighted by Crippen LogP contribution is 2.18. The maximum Gasteiger partial charge on any atom is 0.270 e. The van der Waals surface area contributed by atoms with Crippen LogP contribution in [-0.2, 0) is 0 Å². The van der Waals surface area contributed by atoms with E-state index >= 15 is 0 Å². The molecule has 0 saturated heterocycles. The maximum absolute atomic E-state index is 10.8. The lowest BCUT2D eigenvalue weighted by Crippen LogP contribution is -1.96. The molecular formula is C16H13N5O2S. The first-order valence-electron chi connectivity index (χ1n) is 7.08. The Kier molecular flexibility index (Phi) is 4.30. The lowest BCUT2D eigenvalue weighted by atomic mass is 10.1. The van der Waals surface area contributed by atoms with Crippen LogP contribution in [0, 0.1) is 21.8 Å². The second kappa shape index (κ2) is 6.55. The third kappa shape index (κ3) is 3.28. The molecule has 0 aliphatic rings. The quantitative estimate of drug-likeness (QED) is 0.340. The van der Waals surface area contributed by atoms with E-state index in [-0.39, 0.29) is 5.69 Å². The molecular weight excluding hydrogens is 326 g/mol. The number of nitro benzene ring substituents is 1. The van der Waals surface area contributed by atoms with Crippen LogP contribution < -0.4 is 0 Å². The molecule has 24 heavy (non-hydrogen) atoms. The van der Waals surface area contributed by atoms with Crippen molar-refractivity contribution in [1.82, 2.24) is 14.9 Å². The van der Waals surface area contributed by atoms with E-state index in [2.05, 4.69) is 15.3 Å². The van der Waals surface area contributed by atoms with Crippen LogP contribution in [-0.4, -0.2) is 26.0 Å². The molecule has 0 radical (unpaired) electrons. The number of hydrogen-bond donors (Lipinski definition) is 1. The highest BCUT2D eigenvalue weighted by molar-refractivity contribution is 7.71. The van der Waals surface area contributed by atoms with Crippen molar-refractivity contribution in [2.45, 2.75) is 6.92 Å². The normalized spacial score (nSPS) is 11.0. The Labute approximate surface area is 142 Å². The van der Waals surface area contributed by atoms with E-state index in [0.717, 1.165) is 11.1 Å². The van der Waals surface area contributed by atoms with Gasteiger partial charge in [-0.05, 0) is 25.2 Å². The Morgan fingerprint density at radius 2 is 2.08 bits per heavy atom. The standard InChI is InChI=1S/C16H13N5O2S/c1-11-4-2-6-13(8-11)15-18-19-16(24)20(15)17-10-12-5-3-7-14(9-12)21(22)23/h2-10H,1H3,(H,19,24)/b17-10+. The summed E-state index contributed by atoms with van der Waals surface area (Å²) in [6, 6.07) is 14.0. The van der Waals surface area contributed by atoms with Gasteiger partial charge in [0.25, 0.3) is 5.69 Å². The van der Waals surface area contributed by atoms with E-state index in [4.69, 9.17) is 12.2 Å². The third-order valence-corrected chi connectivity index (χ3v) is 3.59. The number of hydrogen-bond acceptors (Lipinski definition) is 5. The highest BCUT2D eigenvalue weighted by Gasteiger charge is 2.08. The molecule has 0 aliphatic heterocycles. The number of nitrogens with one attached hydrogen (secondary N) is 1. The molecule has 0 bridgehead atoms. The smallest absolute Gasteiger partial charge is 0.258 e. The second-order valence-electron chi connectivity index (χ2n) is 5.13. The Balaban J connectivity index is 1.99. The van der Waals surface area contributed by atoms with Crippen molar-refractivity contribution < 1.29 is 4.92 Å². The van der Waals surface area contributed by atoms with Gasteiger partial charge in [0.2, 0.25) is 4.77 Å². The van der Waals surface area contributed by atoms with Gasteiger partial charge in [0.05, 0.1) is 11.1 Å². The Morgan fingerprint density at radius 1 is 1.29 bits per heavy atom. The van der Waals surface area contributed by atoms with E-state index in [0.29, 0.717) is 16.2 Å². The van der Waals surface area contributed by atoms with Crippen molar-refractivity contribution in [3.8, 4) is 11.4 Å². The summed E-state index contributed by atoms with van der Waals surface area (Å²) in [6.07, 6.45) is 1.51. The first-order chi connectivity index (χ1) is 11.5. The minimum Gasteiger partial charge on any atom is -0.258 e. The zero-order valence-corrected chi connectivity index (χ0v) is 13.5. The van der Waals surface area contributed by atoms with Crippen molar-refractivity contribution >= 4 is 24.1 Å². The van der Waals surface area contributed by atoms with Gasteiger partial charge < -0.3 is 0 Å². The van der Waals surface area contributed by atoms with Gasteiger partial charge >= 0.3 is 0 Å². The summed E-state index contributed by atoms with van der Waals surface area (Å²) in [4.78, 5) is 10.4. The number of non-ortho nitro benzene ring substituents is 1. The SMILES string of the molecule is Cc1cccc(-c2n[nH]c(=S)n2/N=C/c2cccc([N+](=O)[O-])c2)c1. The fourth-order valence-corrected chi connectivity index (χ4v) is 2.39. The number of nitrogens with zero attached hydrogens (tertiary/aromatic N) is 4. The molecule has 120 valence electrons. The van der Waals surface area contributed by atoms with Gasteiger partial charge in [-0.3, -0.25) is 10.1 Å². The van der Waals surface area contributed by atoms with Crippen molar-refractivity contribution in [3.63, 3.8) is 0 Å². The van der Waals surface area contributed by atoms with Gasteiger partial charge in [-0.1, -0.05) is 35.9 Å². The summed E-state index contributed by atoms with van der Waals surface area (Å²) in [5.74, 6) is 0.574. The molecule has 1 aromatic heterocycles. The summed E-state index contributed by atoms with van der Waals surface area (Å²) in [5, 5.41) is 22.1. The minimum absolute atomic E-state index is 0.00801. The van der Waals surface area contributed by atoms with Crippen molar-refractivity contribution in [2.75, 3.05) is 0 Å². The van der Waals surface area contributed by atoms with Gasteiger partial charge in [-0.25, -0.2) is 5.10 Å². The van der Waals surface area contributed by atoms with Crippen molar-refractivity contribution in [1.29, 1.82) is 0 Å². The van der Waals surface area contributed by atoms with Crippen LogP contribution in [0.15, 0.2) is 53.6 Å². The van der Waals surface area contributed by atoms with Gasteiger partial charge in [0.1, 0.15) is 0 Å². The van der Waals surface area contributed by atoms with Crippen LogP contribution in [0.1, 0.15) is 11.1 Å². The number of nitro groups is 1. The molecule has 0 amide bonds. The molecule has 0 saturated carbocycles. The molecule has 0 unspecified atom stereocenters. The van der Waals surface area contributed by atoms with Gasteiger partial charge in [0.15, 0.2) is 5.82 Å². The number of rotatable bonds is 4. The first kappa shape index (κ1) is 15.8. The third-order valence-electron chi connectivity index (χ3n) is 3.33. The molecule has 0 spiro atoms. The largest absolute Gasteiger partial charge is 0.270 e. The molecule has 8 heteroatoms. The zero-order chi connectivity index (χ0) is 17.1. The molecule has 3 aromatic rings. The lowest BCUT2D eigenvalue weighted by molar-refractivity contribution is -0.384. The molecule has 0 atom stereocenters. The first-order valence-corrected chi connectivity index (χ1v) is 7.49. The molecule has 0 aliphatic carbocycles. The predicted molar refractivity (Wildman–Crippen MR) is 93.7 cm³/mol. The van der Waals surface area contributed by atoms with Crippen LogP contribution >= 0.6 is 12.2 Å². The summed E-state index contributed by atoms with van der Waals surface area (Å²) < 4.78 is 1.83. The lowest BCUT2D eigenvalue weighted by Gasteiger charge is -2.02. The monoisotopic (exact) mass is 339 g/mol. The van der Waals surface area contributed by atoms with E-state index in [9.17, 15) is 10.1 Å². The molecule has 1 N–H and O–H groups in total. The molecule has 0 fully saturated rings. The van der Waals surface area contributed by atoms with Crippen LogP contribution in [0.3, 0.4) is 0 Å². The van der Waals surface area contributed by atoms with Crippen molar-refractivity contribution in [3.05, 3.63) is 74.5 Å². The summed E-state index contributed by atoms with van der Waals surface area (Å²) >= 11 is 5.21. The summed E-state index contributed by atoms with van der Waals surface area (Å²) in [7, 11) is 0. The fourth-order valence-electron chi connectivity index (χ4n) is 2.21. The predicted octanol–water partition coefficient (Wildman–Crippen LogP) is 3.71. The van der Waals surface area contributed by atoms with E-state index in [1.165, 1.54) is 23.0 Å². The molecule has 7 nitrogen and oxygen atoms in total. The number of aryl methyl sites for hydroxylation is 1. The number of aromatic amines is 1. The van der Waals surface area contributed by atoms with Gasteiger partial charge in [-0.2, -0.15) is 14.9 Å². The highest BCUT2D eigenvalue weighted by atomic mass is 32.1. The second-order valence-corrected chi connectivity index (χ2v) is 5.52. The van der Waals surface area contributed by atoms with Gasteiger partial charge in [0, 0.05) is 23.3 Å². The molecule has 1 heterocycles. The number of benzene rings is 2. The van der Waals surface area contributed by atoms with Crippen LogP contribution in [0.4, 0.5) is 5.69 Å². The van der Waals surface area contributed by atoms with E-state index < -0.39 is 4.92 Å². The zero-order valence-electron chi connectivity index (χ0n) is 12.7. The van der Waals surface area contributed by atoms with Crippen LogP contribution in [0.2, 0.25) is 0 Å². The topological polar surface area (TPSA) is 89.1 Å². The minimum atomic E-state index is -0.445. The molecule has 2 aromatic carbocycles. The maximum atomic E-state index is 10.8. The summed E-state index contributed by atoms with van der Waals surface area (Å²) in [5.41, 5.74) is 2.57. The fraction of sp³-hybridized carbons (Fsp3) is 0.0625. The number of H-pyrrole nitrogens is 1. The van der Waals surface area contributed by atoms with Gasteiger partial charge in [-0.15, -0.1) is 0 Å².